The van der Waals surface area contributed by atoms with Gasteiger partial charge in [0.15, 0.2) is 0 Å². The molecule has 3 heteroatoms. The number of benzene rings is 2. The van der Waals surface area contributed by atoms with Crippen LogP contribution in [0.4, 0.5) is 0 Å². The van der Waals surface area contributed by atoms with Crippen LogP contribution < -0.4 is 10.6 Å². The molecule has 0 aliphatic heterocycles. The fourth-order valence-corrected chi connectivity index (χ4v) is 5.16. The van der Waals surface area contributed by atoms with E-state index in [1.165, 1.54) is 10.6 Å². The normalized spacial score (nSPS) is 10.8. The lowest BCUT2D eigenvalue weighted by molar-refractivity contribution is 1.15. The van der Waals surface area contributed by atoms with Gasteiger partial charge in [-0.05, 0) is 42.8 Å². The van der Waals surface area contributed by atoms with Crippen LogP contribution in [0.15, 0.2) is 103 Å². The van der Waals surface area contributed by atoms with E-state index in [-0.39, 0.29) is 0 Å². The van der Waals surface area contributed by atoms with Crippen LogP contribution in [0.1, 0.15) is 5.69 Å². The predicted octanol–water partition coefficient (Wildman–Crippen LogP) is 4.78. The molecule has 0 aliphatic carbocycles. The van der Waals surface area contributed by atoms with Crippen molar-refractivity contribution < 1.29 is 0 Å². The quantitative estimate of drug-likeness (QED) is 0.482. The van der Waals surface area contributed by atoms with Crippen molar-refractivity contribution >= 4 is 18.5 Å². The van der Waals surface area contributed by atoms with Gasteiger partial charge in [-0.2, -0.15) is 0 Å². The fraction of sp³-hybridized carbons (Fsp3) is 0.0435. The van der Waals surface area contributed by atoms with Crippen molar-refractivity contribution in [3.63, 3.8) is 0 Å². The second-order valence-corrected chi connectivity index (χ2v) is 8.19. The Morgan fingerprint density at radius 2 is 1.19 bits per heavy atom. The molecule has 0 aliphatic rings. The molecule has 26 heavy (non-hydrogen) atoms. The number of nitrogens with zero attached hydrogens (tertiary/aromatic N) is 2. The minimum Gasteiger partial charge on any atom is -0.255 e. The van der Waals surface area contributed by atoms with Gasteiger partial charge >= 0.3 is 0 Å². The van der Waals surface area contributed by atoms with Crippen LogP contribution in [0.2, 0.25) is 0 Å². The van der Waals surface area contributed by atoms with Gasteiger partial charge in [-0.25, -0.2) is 0 Å². The monoisotopic (exact) mass is 354 g/mol. The molecule has 0 radical (unpaired) electrons. The number of aromatic nitrogens is 2. The average Bonchev–Trinajstić information content (AvgIpc) is 2.74. The third-order valence-corrected chi connectivity index (χ3v) is 6.67. The van der Waals surface area contributed by atoms with E-state index in [9.17, 15) is 0 Å². The summed E-state index contributed by atoms with van der Waals surface area (Å²) in [5, 5.41) is 2.75. The van der Waals surface area contributed by atoms with Crippen molar-refractivity contribution in [3.05, 3.63) is 109 Å². The Morgan fingerprint density at radius 3 is 1.81 bits per heavy atom. The van der Waals surface area contributed by atoms with Gasteiger partial charge in [0.25, 0.3) is 0 Å². The van der Waals surface area contributed by atoms with Gasteiger partial charge in [0.05, 0.1) is 11.4 Å². The van der Waals surface area contributed by atoms with Crippen LogP contribution in [0.3, 0.4) is 0 Å². The largest absolute Gasteiger partial charge is 0.255 e. The topological polar surface area (TPSA) is 25.8 Å². The summed E-state index contributed by atoms with van der Waals surface area (Å²) in [6, 6.07) is 33.7. The molecule has 0 saturated heterocycles. The van der Waals surface area contributed by atoms with E-state index < -0.39 is 7.92 Å². The molecule has 0 fully saturated rings. The zero-order chi connectivity index (χ0) is 17.6. The Kier molecular flexibility index (Phi) is 5.14. The molecular formula is C23H19N2P. The third kappa shape index (κ3) is 3.87. The highest BCUT2D eigenvalue weighted by Gasteiger charge is 2.15. The van der Waals surface area contributed by atoms with Gasteiger partial charge in [-0.1, -0.05) is 72.8 Å². The van der Waals surface area contributed by atoms with Crippen LogP contribution in [0.25, 0.3) is 11.4 Å². The Morgan fingerprint density at radius 1 is 0.577 bits per heavy atom. The summed E-state index contributed by atoms with van der Waals surface area (Å²) in [5.41, 5.74) is 2.95. The van der Waals surface area contributed by atoms with Crippen LogP contribution in [0.5, 0.6) is 0 Å². The molecule has 2 aromatic heterocycles. The van der Waals surface area contributed by atoms with Gasteiger partial charge in [0.1, 0.15) is 0 Å². The minimum atomic E-state index is -0.491. The maximum absolute atomic E-state index is 4.89. The van der Waals surface area contributed by atoms with E-state index in [0.717, 1.165) is 23.2 Å². The first-order valence-electron chi connectivity index (χ1n) is 8.65. The summed E-state index contributed by atoms with van der Waals surface area (Å²) in [6.45, 7) is 0. The van der Waals surface area contributed by atoms with Crippen molar-refractivity contribution in [1.82, 2.24) is 9.97 Å². The molecule has 0 spiro atoms. The van der Waals surface area contributed by atoms with Gasteiger partial charge in [-0.3, -0.25) is 9.97 Å². The molecule has 2 nitrogen and oxygen atoms in total. The van der Waals surface area contributed by atoms with Crippen molar-refractivity contribution in [2.24, 2.45) is 0 Å². The minimum absolute atomic E-state index is 0.491. The first-order valence-corrected chi connectivity index (χ1v) is 10.2. The number of hydrogen-bond donors (Lipinski definition) is 0. The van der Waals surface area contributed by atoms with E-state index in [2.05, 4.69) is 77.8 Å². The second-order valence-electron chi connectivity index (χ2n) is 5.99. The highest BCUT2D eigenvalue weighted by atomic mass is 31.1. The molecule has 0 atom stereocenters. The molecule has 2 heterocycles. The summed E-state index contributed by atoms with van der Waals surface area (Å²) >= 11 is 0. The molecular weight excluding hydrogens is 335 g/mol. The molecule has 0 N–H and O–H groups in total. The second kappa shape index (κ2) is 8.03. The van der Waals surface area contributed by atoms with Gasteiger partial charge in [-0.15, -0.1) is 0 Å². The lowest BCUT2D eigenvalue weighted by Crippen LogP contribution is -2.13. The Hall–Kier alpha value is -2.83. The average molecular weight is 354 g/mol. The summed E-state index contributed by atoms with van der Waals surface area (Å²) in [5.74, 6) is 0. The highest BCUT2D eigenvalue weighted by molar-refractivity contribution is 7.72. The van der Waals surface area contributed by atoms with E-state index in [1.807, 2.05) is 30.5 Å². The summed E-state index contributed by atoms with van der Waals surface area (Å²) in [4.78, 5) is 9.32. The summed E-state index contributed by atoms with van der Waals surface area (Å²) in [7, 11) is -0.491. The number of rotatable bonds is 5. The van der Waals surface area contributed by atoms with E-state index in [4.69, 9.17) is 4.98 Å². The Bertz CT molecular complexity index is 917. The van der Waals surface area contributed by atoms with Crippen LogP contribution in [-0.4, -0.2) is 9.97 Å². The number of hydrogen-bond acceptors (Lipinski definition) is 2. The lowest BCUT2D eigenvalue weighted by atomic mass is 10.2. The zero-order valence-corrected chi connectivity index (χ0v) is 15.3. The maximum atomic E-state index is 4.89. The first-order chi connectivity index (χ1) is 12.9. The van der Waals surface area contributed by atoms with Gasteiger partial charge in [0.2, 0.25) is 0 Å². The molecule has 0 bridgehead atoms. The van der Waals surface area contributed by atoms with Crippen molar-refractivity contribution in [1.29, 1.82) is 0 Å². The molecule has 4 aromatic rings. The molecule has 0 amide bonds. The smallest absolute Gasteiger partial charge is 0.0889 e. The molecule has 0 saturated carbocycles. The molecule has 2 aromatic carbocycles. The maximum Gasteiger partial charge on any atom is 0.0889 e. The molecule has 0 unspecified atom stereocenters. The summed E-state index contributed by atoms with van der Waals surface area (Å²) < 4.78 is 0. The van der Waals surface area contributed by atoms with Crippen molar-refractivity contribution in [2.45, 2.75) is 6.16 Å². The molecule has 4 rings (SSSR count). The van der Waals surface area contributed by atoms with Crippen LogP contribution in [0, 0.1) is 0 Å². The zero-order valence-electron chi connectivity index (χ0n) is 14.4. The highest BCUT2D eigenvalue weighted by Crippen LogP contribution is 2.37. The van der Waals surface area contributed by atoms with Gasteiger partial charge < -0.3 is 0 Å². The van der Waals surface area contributed by atoms with E-state index in [0.29, 0.717) is 0 Å². The standard InChI is InChI=1S/C23H19N2P/c1-3-11-20(12-4-1)26(21-13-5-2-6-14-21)18-19-10-9-16-23(25-19)22-15-7-8-17-24-22/h1-17H,18H2. The fourth-order valence-electron chi connectivity index (χ4n) is 2.93. The SMILES string of the molecule is c1ccc(P(Cc2cccc(-c3ccccn3)n2)c2ccccc2)cc1. The Labute approximate surface area is 155 Å². The Balaban J connectivity index is 1.69. The van der Waals surface area contributed by atoms with E-state index in [1.54, 1.807) is 0 Å². The number of pyridine rings is 2. The van der Waals surface area contributed by atoms with Gasteiger partial charge in [0, 0.05) is 18.1 Å². The third-order valence-electron chi connectivity index (χ3n) is 4.19. The molecule has 126 valence electrons. The van der Waals surface area contributed by atoms with Crippen LogP contribution >= 0.6 is 7.92 Å². The van der Waals surface area contributed by atoms with E-state index >= 15 is 0 Å². The van der Waals surface area contributed by atoms with Crippen molar-refractivity contribution in [2.75, 3.05) is 0 Å². The van der Waals surface area contributed by atoms with Crippen LogP contribution in [-0.2, 0) is 6.16 Å². The predicted molar refractivity (Wildman–Crippen MR) is 110 cm³/mol. The van der Waals surface area contributed by atoms with Crippen molar-refractivity contribution in [3.8, 4) is 11.4 Å². The summed E-state index contributed by atoms with van der Waals surface area (Å²) in [6.07, 6.45) is 2.73. The lowest BCUT2D eigenvalue weighted by Gasteiger charge is -2.18. The first kappa shape index (κ1) is 16.6.